The van der Waals surface area contributed by atoms with Crippen LogP contribution in [0.1, 0.15) is 46.0 Å². The van der Waals surface area contributed by atoms with E-state index in [1.54, 1.807) is 0 Å². The van der Waals surface area contributed by atoms with Crippen LogP contribution in [0.4, 0.5) is 0 Å². The maximum absolute atomic E-state index is 5.99. The number of thiol groups is 2. The van der Waals surface area contributed by atoms with Crippen molar-refractivity contribution in [3.63, 3.8) is 0 Å². The van der Waals surface area contributed by atoms with Gasteiger partial charge in [-0.05, 0) is 67.2 Å². The molecule has 0 radical (unpaired) electrons. The zero-order valence-corrected chi connectivity index (χ0v) is 18.6. The molecule has 1 saturated heterocycles. The Morgan fingerprint density at radius 3 is 2.81 bits per heavy atom. The third-order valence-electron chi connectivity index (χ3n) is 10.4. The van der Waals surface area contributed by atoms with Gasteiger partial charge in [-0.3, -0.25) is 4.90 Å². The molecule has 4 heteroatoms. The van der Waals surface area contributed by atoms with Crippen molar-refractivity contribution in [2.45, 2.75) is 62.5 Å². The highest BCUT2D eigenvalue weighted by molar-refractivity contribution is 7.81. The molecule has 1 aliphatic heterocycles. The summed E-state index contributed by atoms with van der Waals surface area (Å²) in [6, 6.07) is 0.709. The molecule has 0 N–H and O–H groups in total. The molecular formula is C22H31NS3. The molecule has 5 aliphatic carbocycles. The van der Waals surface area contributed by atoms with Crippen molar-refractivity contribution in [1.82, 2.24) is 4.90 Å². The topological polar surface area (TPSA) is 3.24 Å². The molecule has 0 aromatic heterocycles. The number of thiocarbonyl (C=S) groups is 1. The highest BCUT2D eigenvalue weighted by Crippen LogP contribution is 2.84. The van der Waals surface area contributed by atoms with Crippen molar-refractivity contribution in [2.75, 3.05) is 13.1 Å². The van der Waals surface area contributed by atoms with Gasteiger partial charge < -0.3 is 0 Å². The Hall–Kier alpha value is 0.490. The highest BCUT2D eigenvalue weighted by Gasteiger charge is 2.84. The van der Waals surface area contributed by atoms with E-state index in [-0.39, 0.29) is 0 Å². The number of rotatable bonds is 1. The molecule has 1 heterocycles. The van der Waals surface area contributed by atoms with Crippen LogP contribution in [-0.2, 0) is 0 Å². The predicted octanol–water partition coefficient (Wildman–Crippen LogP) is 4.68. The summed E-state index contributed by atoms with van der Waals surface area (Å²) in [6.45, 7) is 12.0. The van der Waals surface area contributed by atoms with Crippen LogP contribution in [0.2, 0.25) is 0 Å². The normalized spacial score (nSPS) is 62.7. The van der Waals surface area contributed by atoms with E-state index in [4.69, 9.17) is 37.5 Å². The molecule has 1 nitrogen and oxygen atoms in total. The number of piperidine rings is 1. The van der Waals surface area contributed by atoms with E-state index >= 15 is 0 Å². The molecular weight excluding hydrogens is 374 g/mol. The first kappa shape index (κ1) is 17.4. The van der Waals surface area contributed by atoms with E-state index in [9.17, 15) is 0 Å². The van der Waals surface area contributed by atoms with E-state index in [0.29, 0.717) is 44.6 Å². The van der Waals surface area contributed by atoms with E-state index in [1.165, 1.54) is 49.2 Å². The summed E-state index contributed by atoms with van der Waals surface area (Å²) in [4.78, 5) is 4.17. The van der Waals surface area contributed by atoms with Crippen molar-refractivity contribution in [1.29, 1.82) is 0 Å². The third-order valence-corrected chi connectivity index (χ3v) is 12.3. The minimum absolute atomic E-state index is 0.339. The fourth-order valence-corrected chi connectivity index (χ4v) is 11.4. The molecule has 142 valence electrons. The lowest BCUT2D eigenvalue weighted by molar-refractivity contribution is -0.137. The number of likely N-dealkylation sites (tertiary alicyclic amines) is 1. The monoisotopic (exact) mass is 405 g/mol. The van der Waals surface area contributed by atoms with Crippen LogP contribution in [0.15, 0.2) is 12.2 Å². The van der Waals surface area contributed by atoms with Crippen LogP contribution in [0, 0.1) is 39.9 Å². The highest BCUT2D eigenvalue weighted by atomic mass is 32.1. The molecule has 0 amide bonds. The van der Waals surface area contributed by atoms with Crippen molar-refractivity contribution in [2.24, 2.45) is 39.9 Å². The number of hydrogen-bond donors (Lipinski definition) is 2. The molecule has 7 bridgehead atoms. The summed E-state index contributed by atoms with van der Waals surface area (Å²) in [6.07, 6.45) is 6.44. The van der Waals surface area contributed by atoms with Crippen molar-refractivity contribution in [3.8, 4) is 0 Å². The lowest BCUT2D eigenvalue weighted by Crippen LogP contribution is -2.67. The van der Waals surface area contributed by atoms with Crippen LogP contribution < -0.4 is 0 Å². The molecule has 6 rings (SSSR count). The summed E-state index contributed by atoms with van der Waals surface area (Å²) in [7, 11) is 0. The fraction of sp³-hybridized carbons (Fsp3) is 0.864. The molecule has 6 fully saturated rings. The van der Waals surface area contributed by atoms with Gasteiger partial charge in [-0.25, -0.2) is 0 Å². The van der Waals surface area contributed by atoms with Gasteiger partial charge in [-0.1, -0.05) is 38.2 Å². The van der Waals surface area contributed by atoms with Crippen molar-refractivity contribution >= 4 is 42.3 Å². The first-order chi connectivity index (χ1) is 12.3. The second-order valence-corrected chi connectivity index (χ2v) is 12.3. The molecule has 26 heavy (non-hydrogen) atoms. The predicted molar refractivity (Wildman–Crippen MR) is 118 cm³/mol. The van der Waals surface area contributed by atoms with E-state index in [1.807, 2.05) is 0 Å². The lowest BCUT2D eigenvalue weighted by Gasteiger charge is -2.65. The number of nitrogens with zero attached hydrogens (tertiary/aromatic N) is 1. The van der Waals surface area contributed by atoms with Crippen LogP contribution in [0.25, 0.3) is 0 Å². The summed E-state index contributed by atoms with van der Waals surface area (Å²) in [5.74, 6) is 2.77. The average molecular weight is 406 g/mol. The van der Waals surface area contributed by atoms with Gasteiger partial charge in [0.2, 0.25) is 0 Å². The smallest absolute Gasteiger partial charge is 0.0292 e. The Kier molecular flexibility index (Phi) is 3.31. The van der Waals surface area contributed by atoms with Gasteiger partial charge >= 0.3 is 0 Å². The van der Waals surface area contributed by atoms with Gasteiger partial charge in [0.25, 0.3) is 0 Å². The van der Waals surface area contributed by atoms with Crippen molar-refractivity contribution < 1.29 is 0 Å². The standard InChI is InChI=1S/C22H31NS3/c1-4-23-10-20(3)6-5-17(25)22-15(20)7-13(18(22)23)21-9-12(11(2)19(21)26)14(24)8-16(21)22/h12-13,15-19,25-26H,2,4-10H2,1,3H3/t12-,13+,15-,16-,17+,18+,19-,20+,21+,22+/m1/s1. The lowest BCUT2D eigenvalue weighted by atomic mass is 9.44. The van der Waals surface area contributed by atoms with Crippen molar-refractivity contribution in [3.05, 3.63) is 12.2 Å². The quantitative estimate of drug-likeness (QED) is 0.371. The first-order valence-corrected chi connectivity index (χ1v) is 12.1. The number of fused-ring (bicyclic) bond motifs is 1. The van der Waals surface area contributed by atoms with E-state index in [2.05, 4.69) is 25.3 Å². The van der Waals surface area contributed by atoms with Gasteiger partial charge in [0, 0.05) is 39.3 Å². The van der Waals surface area contributed by atoms with Crippen LogP contribution in [0.3, 0.4) is 0 Å². The second kappa shape index (κ2) is 4.96. The molecule has 5 saturated carbocycles. The molecule has 2 spiro atoms. The second-order valence-electron chi connectivity index (χ2n) is 10.7. The summed E-state index contributed by atoms with van der Waals surface area (Å²) >= 11 is 16.6. The minimum atomic E-state index is 0.339. The summed E-state index contributed by atoms with van der Waals surface area (Å²) in [5, 5.41) is 0.874. The zero-order valence-electron chi connectivity index (χ0n) is 15.9. The average Bonchev–Trinajstić information content (AvgIpc) is 3.14. The molecule has 6 aliphatic rings. The SMILES string of the molecule is C=C1[C@H]2C[C@@]3([C@@H]1S)[C@@H](CC2=S)[C@@]12[C@@H]4[C@@H]3C[C@@H]1[C@@](C)(CC[C@@H]2S)CN4CC. The Morgan fingerprint density at radius 1 is 1.31 bits per heavy atom. The Morgan fingerprint density at radius 2 is 2.08 bits per heavy atom. The van der Waals surface area contributed by atoms with Crippen LogP contribution in [0.5, 0.6) is 0 Å². The fourth-order valence-electron chi connectivity index (χ4n) is 9.75. The van der Waals surface area contributed by atoms with E-state index < -0.39 is 0 Å². The Balaban J connectivity index is 1.62. The molecule has 10 atom stereocenters. The molecule has 0 aromatic rings. The van der Waals surface area contributed by atoms with Gasteiger partial charge in [0.05, 0.1) is 0 Å². The van der Waals surface area contributed by atoms with Crippen LogP contribution in [-0.4, -0.2) is 39.4 Å². The van der Waals surface area contributed by atoms with Crippen LogP contribution >= 0.6 is 37.5 Å². The Labute approximate surface area is 174 Å². The molecule has 0 aromatic carbocycles. The minimum Gasteiger partial charge on any atom is -0.299 e. The number of hydrogen-bond acceptors (Lipinski definition) is 4. The van der Waals surface area contributed by atoms with Gasteiger partial charge in [-0.15, -0.1) is 0 Å². The summed E-state index contributed by atoms with van der Waals surface area (Å²) in [5.41, 5.74) is 2.51. The van der Waals surface area contributed by atoms with Gasteiger partial charge in [-0.2, -0.15) is 25.3 Å². The largest absolute Gasteiger partial charge is 0.299 e. The zero-order chi connectivity index (χ0) is 18.2. The van der Waals surface area contributed by atoms with Gasteiger partial charge in [0.15, 0.2) is 0 Å². The first-order valence-electron chi connectivity index (χ1n) is 10.6. The van der Waals surface area contributed by atoms with E-state index in [0.717, 1.165) is 18.3 Å². The third kappa shape index (κ3) is 1.51. The maximum Gasteiger partial charge on any atom is 0.0292 e. The van der Waals surface area contributed by atoms with Gasteiger partial charge in [0.1, 0.15) is 0 Å². The maximum atomic E-state index is 5.99. The summed E-state index contributed by atoms with van der Waals surface area (Å²) < 4.78 is 0. The Bertz CT molecular complexity index is 735. The molecule has 0 unspecified atom stereocenters.